The number of nitrogens with zero attached hydrogens (tertiary/aromatic N) is 1. The Morgan fingerprint density at radius 1 is 1.25 bits per heavy atom. The Balaban J connectivity index is 2.41. The normalized spacial score (nSPS) is 11.8. The first-order valence-corrected chi connectivity index (χ1v) is 8.14. The van der Waals surface area contributed by atoms with Gasteiger partial charge in [-0.15, -0.1) is 11.3 Å². The first-order chi connectivity index (χ1) is 11.0. The van der Waals surface area contributed by atoms with Gasteiger partial charge in [-0.3, -0.25) is 0 Å². The molecule has 0 atom stereocenters. The predicted octanol–water partition coefficient (Wildman–Crippen LogP) is 1.88. The van der Waals surface area contributed by atoms with Crippen molar-refractivity contribution in [2.45, 2.75) is 5.51 Å². The number of carbonyl (C=O) groups excluding carboxylic acids is 1. The lowest BCUT2D eigenvalue weighted by Crippen LogP contribution is -2.28. The maximum atomic E-state index is 12.3. The monoisotopic (exact) mass is 376 g/mol. The van der Waals surface area contributed by atoms with Crippen LogP contribution in [0.3, 0.4) is 0 Å². The molecule has 1 heterocycles. The third-order valence-electron chi connectivity index (χ3n) is 2.67. The van der Waals surface area contributed by atoms with E-state index >= 15 is 0 Å². The van der Waals surface area contributed by atoms with E-state index in [-0.39, 0.29) is 4.88 Å². The molecule has 11 heteroatoms. The molecule has 0 amide bonds. The van der Waals surface area contributed by atoms with Crippen LogP contribution < -0.4 is 9.29 Å². The summed E-state index contributed by atoms with van der Waals surface area (Å²) < 4.78 is 62.9. The van der Waals surface area contributed by atoms with E-state index in [1.54, 1.807) is 0 Å². The second-order valence-corrected chi connectivity index (χ2v) is 6.88. The lowest BCUT2D eigenvalue weighted by molar-refractivity contribution is -0.254. The maximum Gasteiger partial charge on any atom is 0.534 e. The zero-order chi connectivity index (χ0) is 18.1. The van der Waals surface area contributed by atoms with E-state index in [4.69, 9.17) is 5.26 Å². The molecule has 0 saturated carbocycles. The Kier molecular flexibility index (Phi) is 4.54. The molecule has 6 nitrogen and oxygen atoms in total. The molecule has 24 heavy (non-hydrogen) atoms. The van der Waals surface area contributed by atoms with Crippen LogP contribution in [0.4, 0.5) is 13.2 Å². The van der Waals surface area contributed by atoms with Gasteiger partial charge in [-0.05, 0) is 35.9 Å². The summed E-state index contributed by atoms with van der Waals surface area (Å²) in [6.07, 6.45) is 0. The highest BCUT2D eigenvalue weighted by molar-refractivity contribution is 7.88. The smallest absolute Gasteiger partial charge is 0.534 e. The van der Waals surface area contributed by atoms with Gasteiger partial charge in [-0.25, -0.2) is 0 Å². The molecule has 0 saturated heterocycles. The number of thiophene rings is 1. The van der Waals surface area contributed by atoms with Crippen LogP contribution >= 0.6 is 11.3 Å². The molecule has 1 aromatic heterocycles. The third kappa shape index (κ3) is 3.50. The first kappa shape index (κ1) is 17.8. The Labute approximate surface area is 137 Å². The fraction of sp³-hybridized carbons (Fsp3) is 0.0769. The van der Waals surface area contributed by atoms with Crippen LogP contribution in [-0.4, -0.2) is 19.9 Å². The maximum absolute atomic E-state index is 12.3. The number of nitriles is 1. The molecule has 0 spiro atoms. The topological polar surface area (TPSA) is 107 Å². The van der Waals surface area contributed by atoms with Crippen molar-refractivity contribution in [2.24, 2.45) is 0 Å². The summed E-state index contributed by atoms with van der Waals surface area (Å²) in [6, 6.07) is 7.38. The van der Waals surface area contributed by atoms with E-state index < -0.39 is 32.9 Å². The summed E-state index contributed by atoms with van der Waals surface area (Å²) in [5.74, 6) is -2.18. The molecule has 0 aliphatic rings. The number of halogens is 3. The second-order valence-electron chi connectivity index (χ2n) is 4.26. The van der Waals surface area contributed by atoms with Gasteiger partial charge < -0.3 is 14.1 Å². The van der Waals surface area contributed by atoms with Crippen LogP contribution in [0, 0.1) is 11.3 Å². The summed E-state index contributed by atoms with van der Waals surface area (Å²) >= 11 is 0.826. The van der Waals surface area contributed by atoms with Gasteiger partial charge in [0.15, 0.2) is 5.75 Å². The van der Waals surface area contributed by atoms with Crippen molar-refractivity contribution in [1.82, 2.24) is 0 Å². The highest BCUT2D eigenvalue weighted by atomic mass is 32.2. The van der Waals surface area contributed by atoms with Crippen LogP contribution in [0.15, 0.2) is 30.3 Å². The highest BCUT2D eigenvalue weighted by Gasteiger charge is 2.48. The summed E-state index contributed by atoms with van der Waals surface area (Å²) in [5.41, 5.74) is -5.78. The van der Waals surface area contributed by atoms with Crippen molar-refractivity contribution in [1.29, 1.82) is 5.26 Å². The number of benzene rings is 1. The lowest BCUT2D eigenvalue weighted by atomic mass is 10.1. The Morgan fingerprint density at radius 3 is 2.42 bits per heavy atom. The molecule has 0 aliphatic heterocycles. The molecular formula is C13H5F3NO5S2-. The molecule has 0 fully saturated rings. The summed E-state index contributed by atoms with van der Waals surface area (Å²) in [7, 11) is -5.90. The van der Waals surface area contributed by atoms with Gasteiger partial charge in [0, 0.05) is 4.88 Å². The largest absolute Gasteiger partial charge is 0.544 e. The van der Waals surface area contributed by atoms with Crippen LogP contribution in [0.1, 0.15) is 15.2 Å². The van der Waals surface area contributed by atoms with Crippen molar-refractivity contribution in [3.05, 3.63) is 40.8 Å². The van der Waals surface area contributed by atoms with Gasteiger partial charge in [0.1, 0.15) is 6.07 Å². The van der Waals surface area contributed by atoms with Gasteiger partial charge in [-0.1, -0.05) is 0 Å². The van der Waals surface area contributed by atoms with E-state index in [0.29, 0.717) is 10.4 Å². The van der Waals surface area contributed by atoms with Crippen LogP contribution in [0.2, 0.25) is 0 Å². The minimum absolute atomic E-state index is 0.0801. The van der Waals surface area contributed by atoms with Crippen molar-refractivity contribution in [3.8, 4) is 22.3 Å². The van der Waals surface area contributed by atoms with Gasteiger partial charge in [0.25, 0.3) is 0 Å². The standard InChI is InChI=1S/C13H6F3NO5S2/c14-13(15,16)24(20,21)22-9-2-1-7(5-8(9)6-17)10-3-4-11(23-10)12(18)19/h1-5H,(H,18,19)/p-1. The van der Waals surface area contributed by atoms with E-state index in [0.717, 1.165) is 23.5 Å². The number of aromatic carboxylic acids is 1. The molecule has 0 aliphatic carbocycles. The van der Waals surface area contributed by atoms with E-state index in [1.165, 1.54) is 24.3 Å². The van der Waals surface area contributed by atoms with Crippen LogP contribution in [-0.2, 0) is 10.1 Å². The molecule has 0 bridgehead atoms. The minimum Gasteiger partial charge on any atom is -0.544 e. The fourth-order valence-electron chi connectivity index (χ4n) is 1.61. The molecule has 2 aromatic rings. The molecule has 0 N–H and O–H groups in total. The van der Waals surface area contributed by atoms with Crippen molar-refractivity contribution in [2.75, 3.05) is 0 Å². The number of hydrogen-bond acceptors (Lipinski definition) is 7. The summed E-state index contributed by atoms with van der Waals surface area (Å²) in [5, 5.41) is 19.7. The molecule has 126 valence electrons. The number of rotatable bonds is 4. The minimum atomic E-state index is -5.90. The van der Waals surface area contributed by atoms with Gasteiger partial charge in [-0.2, -0.15) is 26.9 Å². The first-order valence-electron chi connectivity index (χ1n) is 5.91. The van der Waals surface area contributed by atoms with E-state index in [2.05, 4.69) is 4.18 Å². The fourth-order valence-corrected chi connectivity index (χ4v) is 2.92. The Bertz CT molecular complexity index is 941. The number of alkyl halides is 3. The van der Waals surface area contributed by atoms with Crippen molar-refractivity contribution in [3.63, 3.8) is 0 Å². The van der Waals surface area contributed by atoms with Gasteiger partial charge >= 0.3 is 15.6 Å². The lowest BCUT2D eigenvalue weighted by Gasteiger charge is -2.11. The molecule has 0 unspecified atom stereocenters. The summed E-state index contributed by atoms with van der Waals surface area (Å²) in [4.78, 5) is 11.0. The third-order valence-corrected chi connectivity index (χ3v) is 4.75. The zero-order valence-electron chi connectivity index (χ0n) is 11.3. The molecule has 0 radical (unpaired) electrons. The molecule has 1 aromatic carbocycles. The number of carboxylic acid groups (broad SMARTS) is 1. The van der Waals surface area contributed by atoms with Crippen LogP contribution in [0.25, 0.3) is 10.4 Å². The predicted molar refractivity (Wildman–Crippen MR) is 74.4 cm³/mol. The SMILES string of the molecule is N#Cc1cc(-c2ccc(C(=O)[O-])s2)ccc1OS(=O)(=O)C(F)(F)F. The quantitative estimate of drug-likeness (QED) is 0.596. The zero-order valence-corrected chi connectivity index (χ0v) is 13.0. The molecular weight excluding hydrogens is 371 g/mol. The van der Waals surface area contributed by atoms with E-state index in [9.17, 15) is 31.5 Å². The van der Waals surface area contributed by atoms with E-state index in [1.807, 2.05) is 0 Å². The Hall–Kier alpha value is -2.58. The number of hydrogen-bond donors (Lipinski definition) is 0. The number of carboxylic acids is 1. The van der Waals surface area contributed by atoms with Gasteiger partial charge in [0.05, 0.1) is 16.4 Å². The second kappa shape index (κ2) is 6.14. The van der Waals surface area contributed by atoms with Gasteiger partial charge in [0.2, 0.25) is 0 Å². The molecule has 2 rings (SSSR count). The Morgan fingerprint density at radius 2 is 1.92 bits per heavy atom. The van der Waals surface area contributed by atoms with Crippen LogP contribution in [0.5, 0.6) is 5.75 Å². The number of carbonyl (C=O) groups is 1. The average Bonchev–Trinajstić information content (AvgIpc) is 2.96. The summed E-state index contributed by atoms with van der Waals surface area (Å²) in [6.45, 7) is 0. The highest BCUT2D eigenvalue weighted by Crippen LogP contribution is 2.33. The van der Waals surface area contributed by atoms with Crippen molar-refractivity contribution >= 4 is 27.4 Å². The van der Waals surface area contributed by atoms with Crippen molar-refractivity contribution < 1.29 is 35.7 Å². The average molecular weight is 376 g/mol.